The number of carbonyl (C=O) groups excluding carboxylic acids is 1. The van der Waals surface area contributed by atoms with Crippen LogP contribution in [0.4, 0.5) is 0 Å². The third-order valence-corrected chi connectivity index (χ3v) is 2.86. The van der Waals surface area contributed by atoms with Crippen LogP contribution in [0.1, 0.15) is 10.4 Å². The van der Waals surface area contributed by atoms with Crippen molar-refractivity contribution in [1.29, 1.82) is 0 Å². The number of allylic oxidation sites excluding steroid dienone is 2. The summed E-state index contributed by atoms with van der Waals surface area (Å²) in [6.45, 7) is 0. The van der Waals surface area contributed by atoms with Gasteiger partial charge in [0.15, 0.2) is 5.76 Å². The lowest BCUT2D eigenvalue weighted by Gasteiger charge is -2.03. The van der Waals surface area contributed by atoms with Gasteiger partial charge in [0.05, 0.1) is 12.7 Å². The van der Waals surface area contributed by atoms with Crippen LogP contribution in [0.5, 0.6) is 11.5 Å². The van der Waals surface area contributed by atoms with Crippen molar-refractivity contribution in [1.82, 2.24) is 0 Å². The van der Waals surface area contributed by atoms with Gasteiger partial charge in [-0.1, -0.05) is 0 Å². The number of hydrogen-bond acceptors (Lipinski definition) is 3. The monoisotopic (exact) mass is 239 g/mol. The fourth-order valence-electron chi connectivity index (χ4n) is 1.93. The summed E-state index contributed by atoms with van der Waals surface area (Å²) in [5, 5.41) is 0. The molecule has 0 saturated heterocycles. The number of carbonyl (C=O) groups is 1. The Balaban J connectivity index is 1.88. The largest absolute Gasteiger partial charge is 0.497 e. The SMILES string of the molecule is COc1ccc2c(c1)O/C(=C\[C]1[CH][CH][CH][CH]1)C2=O. The zero-order valence-electron chi connectivity index (χ0n) is 9.84. The van der Waals surface area contributed by atoms with Gasteiger partial charge >= 0.3 is 0 Å². The molecule has 0 aromatic heterocycles. The molecule has 0 N–H and O–H groups in total. The Morgan fingerprint density at radius 1 is 1.22 bits per heavy atom. The van der Waals surface area contributed by atoms with Crippen molar-refractivity contribution in [3.8, 4) is 11.5 Å². The van der Waals surface area contributed by atoms with Gasteiger partial charge in [-0.25, -0.2) is 0 Å². The molecule has 3 heteroatoms. The highest BCUT2D eigenvalue weighted by Gasteiger charge is 2.29. The first-order chi connectivity index (χ1) is 8.78. The van der Waals surface area contributed by atoms with Crippen molar-refractivity contribution in [2.45, 2.75) is 0 Å². The summed E-state index contributed by atoms with van der Waals surface area (Å²) in [5.41, 5.74) is 0.577. The predicted molar refractivity (Wildman–Crippen MR) is 66.5 cm³/mol. The summed E-state index contributed by atoms with van der Waals surface area (Å²) in [6.07, 6.45) is 9.43. The van der Waals surface area contributed by atoms with Crippen LogP contribution in [0.25, 0.3) is 0 Å². The minimum atomic E-state index is -0.0890. The molecule has 1 heterocycles. The van der Waals surface area contributed by atoms with Crippen LogP contribution >= 0.6 is 0 Å². The minimum Gasteiger partial charge on any atom is -0.497 e. The molecule has 0 spiro atoms. The van der Waals surface area contributed by atoms with E-state index >= 15 is 0 Å². The summed E-state index contributed by atoms with van der Waals surface area (Å²) in [4.78, 5) is 12.1. The second-order valence-electron chi connectivity index (χ2n) is 4.02. The number of hydrogen-bond donors (Lipinski definition) is 0. The highest BCUT2D eigenvalue weighted by atomic mass is 16.5. The van der Waals surface area contributed by atoms with E-state index in [-0.39, 0.29) is 5.78 Å². The number of ether oxygens (including phenoxy) is 2. The number of fused-ring (bicyclic) bond motifs is 1. The normalized spacial score (nSPS) is 21.2. The van der Waals surface area contributed by atoms with Crippen molar-refractivity contribution in [3.05, 3.63) is 67.2 Å². The van der Waals surface area contributed by atoms with Gasteiger partial charge in [0.2, 0.25) is 5.78 Å². The first-order valence-electron chi connectivity index (χ1n) is 5.62. The Labute approximate surface area is 106 Å². The molecule has 1 aliphatic carbocycles. The molecule has 3 rings (SSSR count). The lowest BCUT2D eigenvalue weighted by Crippen LogP contribution is -2.01. The van der Waals surface area contributed by atoms with Crippen molar-refractivity contribution >= 4 is 5.78 Å². The van der Waals surface area contributed by atoms with Crippen LogP contribution in [0.2, 0.25) is 0 Å². The van der Waals surface area contributed by atoms with Gasteiger partial charge in [0.1, 0.15) is 11.5 Å². The van der Waals surface area contributed by atoms with E-state index in [1.807, 2.05) is 25.7 Å². The molecule has 1 aliphatic heterocycles. The van der Waals surface area contributed by atoms with E-state index in [0.29, 0.717) is 22.8 Å². The van der Waals surface area contributed by atoms with E-state index in [4.69, 9.17) is 9.47 Å². The van der Waals surface area contributed by atoms with E-state index in [1.165, 1.54) is 0 Å². The quantitative estimate of drug-likeness (QED) is 0.744. The molecule has 1 aromatic rings. The van der Waals surface area contributed by atoms with Crippen molar-refractivity contribution in [2.75, 3.05) is 7.11 Å². The van der Waals surface area contributed by atoms with E-state index in [2.05, 4.69) is 0 Å². The summed E-state index contributed by atoms with van der Waals surface area (Å²) in [7, 11) is 1.58. The van der Waals surface area contributed by atoms with Crippen LogP contribution < -0.4 is 9.47 Å². The van der Waals surface area contributed by atoms with Crippen LogP contribution in [-0.4, -0.2) is 12.9 Å². The first kappa shape index (κ1) is 11.3. The van der Waals surface area contributed by atoms with Crippen LogP contribution in [0.15, 0.2) is 30.0 Å². The predicted octanol–water partition coefficient (Wildman–Crippen LogP) is 2.56. The molecular formula is C15H11O3. The number of benzene rings is 1. The Morgan fingerprint density at radius 2 is 2.00 bits per heavy atom. The van der Waals surface area contributed by atoms with Crippen LogP contribution in [0, 0.1) is 31.6 Å². The Bertz CT molecular complexity index is 510. The van der Waals surface area contributed by atoms with Gasteiger partial charge in [-0.05, 0) is 43.9 Å². The fourth-order valence-corrected chi connectivity index (χ4v) is 1.93. The zero-order chi connectivity index (χ0) is 12.5. The van der Waals surface area contributed by atoms with Crippen molar-refractivity contribution in [3.63, 3.8) is 0 Å². The number of rotatable bonds is 2. The Morgan fingerprint density at radius 3 is 2.72 bits per heavy atom. The molecule has 1 aromatic carbocycles. The molecule has 1 fully saturated rings. The Kier molecular flexibility index (Phi) is 2.82. The summed E-state index contributed by atoms with van der Waals surface area (Å²) >= 11 is 0. The first-order valence-corrected chi connectivity index (χ1v) is 5.62. The standard InChI is InChI=1S/C15H11O3/c1-17-11-6-7-12-13(9-11)18-14(15(12)16)8-10-4-2-3-5-10/h2-9H,1H3/b14-8-. The minimum absolute atomic E-state index is 0.0890. The second-order valence-corrected chi connectivity index (χ2v) is 4.02. The summed E-state index contributed by atoms with van der Waals surface area (Å²) in [6, 6.07) is 5.20. The number of methoxy groups -OCH3 is 1. The molecular weight excluding hydrogens is 228 g/mol. The smallest absolute Gasteiger partial charge is 0.231 e. The summed E-state index contributed by atoms with van der Waals surface area (Å²) in [5.74, 6) is 2.45. The summed E-state index contributed by atoms with van der Waals surface area (Å²) < 4.78 is 10.7. The highest BCUT2D eigenvalue weighted by Crippen LogP contribution is 2.36. The molecule has 0 amide bonds. The van der Waals surface area contributed by atoms with Crippen molar-refractivity contribution < 1.29 is 14.3 Å². The van der Waals surface area contributed by atoms with Gasteiger partial charge in [-0.15, -0.1) is 0 Å². The molecule has 0 bridgehead atoms. The molecule has 1 saturated carbocycles. The zero-order valence-corrected chi connectivity index (χ0v) is 9.84. The second kappa shape index (κ2) is 4.48. The maximum atomic E-state index is 12.1. The number of ketones is 1. The molecule has 0 unspecified atom stereocenters. The molecule has 3 nitrogen and oxygen atoms in total. The molecule has 2 aliphatic rings. The Hall–Kier alpha value is -1.77. The third kappa shape index (κ3) is 1.90. The van der Waals surface area contributed by atoms with Gasteiger partial charge in [-0.3, -0.25) is 4.79 Å². The van der Waals surface area contributed by atoms with E-state index in [9.17, 15) is 4.79 Å². The van der Waals surface area contributed by atoms with Crippen LogP contribution in [0.3, 0.4) is 0 Å². The molecule has 5 radical (unpaired) electrons. The van der Waals surface area contributed by atoms with Crippen LogP contribution in [-0.2, 0) is 0 Å². The molecule has 0 atom stereocenters. The van der Waals surface area contributed by atoms with Gasteiger partial charge in [0.25, 0.3) is 0 Å². The average Bonchev–Trinajstić information content (AvgIpc) is 2.99. The van der Waals surface area contributed by atoms with Gasteiger partial charge < -0.3 is 9.47 Å². The fraction of sp³-hybridized carbons (Fsp3) is 0.0667. The lowest BCUT2D eigenvalue weighted by atomic mass is 10.0. The van der Waals surface area contributed by atoms with E-state index in [0.717, 1.165) is 5.92 Å². The molecule has 89 valence electrons. The van der Waals surface area contributed by atoms with Gasteiger partial charge in [-0.2, -0.15) is 0 Å². The third-order valence-electron chi connectivity index (χ3n) is 2.86. The number of Topliss-reactive ketones (excluding diaryl/α,β-unsaturated/α-hetero) is 1. The van der Waals surface area contributed by atoms with Crippen molar-refractivity contribution in [2.24, 2.45) is 0 Å². The average molecular weight is 239 g/mol. The lowest BCUT2D eigenvalue weighted by molar-refractivity contribution is 0.101. The molecule has 18 heavy (non-hydrogen) atoms. The maximum absolute atomic E-state index is 12.1. The highest BCUT2D eigenvalue weighted by molar-refractivity contribution is 6.12. The van der Waals surface area contributed by atoms with E-state index in [1.54, 1.807) is 31.4 Å². The van der Waals surface area contributed by atoms with E-state index < -0.39 is 0 Å². The van der Waals surface area contributed by atoms with Gasteiger partial charge in [0, 0.05) is 12.0 Å². The maximum Gasteiger partial charge on any atom is 0.231 e. The topological polar surface area (TPSA) is 35.5 Å².